The number of aliphatic hydroxyl groups is 1. The van der Waals surface area contributed by atoms with E-state index in [0.717, 1.165) is 45.3 Å². The molecule has 1 aromatic heterocycles. The first-order valence-electron chi connectivity index (χ1n) is 9.83. The van der Waals surface area contributed by atoms with Crippen molar-refractivity contribution in [3.8, 4) is 5.75 Å². The van der Waals surface area contributed by atoms with Gasteiger partial charge in [0, 0.05) is 36.5 Å². The summed E-state index contributed by atoms with van der Waals surface area (Å²) < 4.78 is 25.6. The first-order valence-corrected chi connectivity index (χ1v) is 10.9. The molecule has 0 amide bonds. The molecule has 2 fully saturated rings. The smallest absolute Gasteiger partial charge is 0.261 e. The summed E-state index contributed by atoms with van der Waals surface area (Å²) in [6.45, 7) is 1.86. The predicted octanol–water partition coefficient (Wildman–Crippen LogP) is 3.01. The molecule has 2 aromatic rings. The van der Waals surface area contributed by atoms with E-state index in [1.54, 1.807) is 17.8 Å². The lowest BCUT2D eigenvalue weighted by molar-refractivity contribution is 0.0985. The Labute approximate surface area is 166 Å². The Morgan fingerprint density at radius 3 is 2.86 bits per heavy atom. The Morgan fingerprint density at radius 1 is 1.29 bits per heavy atom. The zero-order valence-corrected chi connectivity index (χ0v) is 16.5. The Bertz CT molecular complexity index is 884. The number of nitrogens with one attached hydrogen (secondary N) is 1. The largest absolute Gasteiger partial charge is 0.493 e. The quantitative estimate of drug-likeness (QED) is 0.764. The number of ether oxygens (including phenoxy) is 2. The normalized spacial score (nSPS) is 23.4. The number of aromatic amines is 1. The molecule has 1 saturated heterocycles. The SMILES string of the molecule is O=c1[nH]c(CSC2CCOCC2)nc2cc(OC[C@@H]3CCC[C@@H]3O)cc(F)c12. The van der Waals surface area contributed by atoms with Gasteiger partial charge in [-0.3, -0.25) is 4.79 Å². The van der Waals surface area contributed by atoms with E-state index in [1.165, 1.54) is 6.07 Å². The first-order chi connectivity index (χ1) is 13.6. The monoisotopic (exact) mass is 408 g/mol. The van der Waals surface area contributed by atoms with E-state index in [0.29, 0.717) is 34.7 Å². The number of benzene rings is 1. The molecule has 1 saturated carbocycles. The molecule has 2 heterocycles. The van der Waals surface area contributed by atoms with Crippen LogP contribution >= 0.6 is 11.8 Å². The molecule has 1 aromatic carbocycles. The fourth-order valence-electron chi connectivity index (χ4n) is 3.85. The van der Waals surface area contributed by atoms with Crippen molar-refractivity contribution in [2.24, 2.45) is 5.92 Å². The topological polar surface area (TPSA) is 84.4 Å². The van der Waals surface area contributed by atoms with Crippen molar-refractivity contribution in [2.75, 3.05) is 19.8 Å². The highest BCUT2D eigenvalue weighted by Crippen LogP contribution is 2.28. The number of nitrogens with zero attached hydrogens (tertiary/aromatic N) is 1. The molecule has 2 N–H and O–H groups in total. The molecular formula is C20H25FN2O4S. The molecule has 0 spiro atoms. The van der Waals surface area contributed by atoms with Crippen LogP contribution < -0.4 is 10.3 Å². The van der Waals surface area contributed by atoms with Crippen molar-refractivity contribution in [1.29, 1.82) is 0 Å². The van der Waals surface area contributed by atoms with Gasteiger partial charge in [0.1, 0.15) is 22.8 Å². The van der Waals surface area contributed by atoms with Gasteiger partial charge in [-0.1, -0.05) is 6.42 Å². The number of thioether (sulfide) groups is 1. The van der Waals surface area contributed by atoms with E-state index < -0.39 is 11.4 Å². The van der Waals surface area contributed by atoms with E-state index in [4.69, 9.17) is 9.47 Å². The molecule has 0 bridgehead atoms. The van der Waals surface area contributed by atoms with Crippen LogP contribution in [0.2, 0.25) is 0 Å². The van der Waals surface area contributed by atoms with Gasteiger partial charge in [-0.25, -0.2) is 9.37 Å². The summed E-state index contributed by atoms with van der Waals surface area (Å²) in [5.41, 5.74) is -0.170. The van der Waals surface area contributed by atoms with Gasteiger partial charge in [-0.2, -0.15) is 11.8 Å². The first kappa shape index (κ1) is 19.7. The molecule has 1 aliphatic heterocycles. The summed E-state index contributed by atoms with van der Waals surface area (Å²) >= 11 is 1.74. The lowest BCUT2D eigenvalue weighted by atomic mass is 10.1. The van der Waals surface area contributed by atoms with Gasteiger partial charge in [0.2, 0.25) is 0 Å². The molecule has 0 radical (unpaired) electrons. The predicted molar refractivity (Wildman–Crippen MR) is 106 cm³/mol. The number of aliphatic hydroxyl groups excluding tert-OH is 1. The van der Waals surface area contributed by atoms with Gasteiger partial charge in [-0.05, 0) is 25.7 Å². The number of rotatable bonds is 6. The van der Waals surface area contributed by atoms with Crippen molar-refractivity contribution in [3.05, 3.63) is 34.1 Å². The third-order valence-corrected chi connectivity index (χ3v) is 6.87. The van der Waals surface area contributed by atoms with Crippen LogP contribution in [0.25, 0.3) is 10.9 Å². The Hall–Kier alpha value is -1.64. The maximum Gasteiger partial charge on any atom is 0.261 e. The van der Waals surface area contributed by atoms with Gasteiger partial charge in [-0.15, -0.1) is 0 Å². The zero-order valence-electron chi connectivity index (χ0n) is 15.7. The number of fused-ring (bicyclic) bond motifs is 1. The van der Waals surface area contributed by atoms with Crippen molar-refractivity contribution in [1.82, 2.24) is 9.97 Å². The number of aromatic nitrogens is 2. The fraction of sp³-hybridized carbons (Fsp3) is 0.600. The molecule has 152 valence electrons. The fourth-order valence-corrected chi connectivity index (χ4v) is 4.91. The van der Waals surface area contributed by atoms with Gasteiger partial charge >= 0.3 is 0 Å². The van der Waals surface area contributed by atoms with Crippen LogP contribution in [0.3, 0.4) is 0 Å². The lowest BCUT2D eigenvalue weighted by Crippen LogP contribution is -2.20. The molecule has 1 aliphatic carbocycles. The number of halogens is 1. The maximum atomic E-state index is 14.5. The number of hydrogen-bond donors (Lipinski definition) is 2. The van der Waals surface area contributed by atoms with E-state index in [9.17, 15) is 14.3 Å². The summed E-state index contributed by atoms with van der Waals surface area (Å²) in [5.74, 6) is 0.868. The molecule has 8 heteroatoms. The van der Waals surface area contributed by atoms with Crippen LogP contribution in [0.4, 0.5) is 4.39 Å². The molecular weight excluding hydrogens is 383 g/mol. The summed E-state index contributed by atoms with van der Waals surface area (Å²) in [4.78, 5) is 19.5. The van der Waals surface area contributed by atoms with E-state index in [1.807, 2.05) is 0 Å². The Balaban J connectivity index is 1.50. The van der Waals surface area contributed by atoms with Crippen LogP contribution in [0, 0.1) is 11.7 Å². The van der Waals surface area contributed by atoms with Crippen molar-refractivity contribution in [3.63, 3.8) is 0 Å². The summed E-state index contributed by atoms with van der Waals surface area (Å²) in [6.07, 6.45) is 4.28. The summed E-state index contributed by atoms with van der Waals surface area (Å²) in [6, 6.07) is 2.83. The van der Waals surface area contributed by atoms with Gasteiger partial charge in [0.25, 0.3) is 5.56 Å². The zero-order chi connectivity index (χ0) is 19.5. The Kier molecular flexibility index (Phi) is 6.18. The molecule has 4 rings (SSSR count). The molecule has 2 aliphatic rings. The van der Waals surface area contributed by atoms with E-state index >= 15 is 0 Å². The van der Waals surface area contributed by atoms with Gasteiger partial charge in [0.05, 0.1) is 24.0 Å². The highest BCUT2D eigenvalue weighted by Gasteiger charge is 2.26. The van der Waals surface area contributed by atoms with E-state index in [-0.39, 0.29) is 17.4 Å². The Morgan fingerprint density at radius 2 is 2.11 bits per heavy atom. The van der Waals surface area contributed by atoms with E-state index in [2.05, 4.69) is 9.97 Å². The number of H-pyrrole nitrogens is 1. The third kappa shape index (κ3) is 4.50. The minimum absolute atomic E-state index is 0.0481. The van der Waals surface area contributed by atoms with Crippen molar-refractivity contribution < 1.29 is 19.0 Å². The standard InChI is InChI=1S/C20H25FN2O4S/c21-15-8-13(27-10-12-2-1-3-17(12)24)9-16-19(15)20(25)23-18(22-16)11-28-14-4-6-26-7-5-14/h8-9,12,14,17,24H,1-7,10-11H2,(H,22,23,25)/t12-,17-/m0/s1. The second-order valence-corrected chi connectivity index (χ2v) is 8.79. The maximum absolute atomic E-state index is 14.5. The van der Waals surface area contributed by atoms with Gasteiger partial charge in [0.15, 0.2) is 0 Å². The third-order valence-electron chi connectivity index (χ3n) is 5.49. The van der Waals surface area contributed by atoms with Crippen LogP contribution in [0.5, 0.6) is 5.75 Å². The minimum atomic E-state index is -0.642. The number of hydrogen-bond acceptors (Lipinski definition) is 6. The van der Waals surface area contributed by atoms with Crippen LogP contribution in [-0.2, 0) is 10.5 Å². The van der Waals surface area contributed by atoms with Crippen molar-refractivity contribution >= 4 is 22.7 Å². The molecule has 2 atom stereocenters. The second kappa shape index (κ2) is 8.80. The minimum Gasteiger partial charge on any atom is -0.493 e. The van der Waals surface area contributed by atoms with Crippen LogP contribution in [-0.4, -0.2) is 46.2 Å². The average molecular weight is 408 g/mol. The van der Waals surface area contributed by atoms with Gasteiger partial charge < -0.3 is 19.6 Å². The summed E-state index contributed by atoms with van der Waals surface area (Å²) in [5, 5.41) is 10.3. The highest BCUT2D eigenvalue weighted by atomic mass is 32.2. The molecule has 0 unspecified atom stereocenters. The molecule has 28 heavy (non-hydrogen) atoms. The second-order valence-electron chi connectivity index (χ2n) is 7.50. The van der Waals surface area contributed by atoms with Crippen molar-refractivity contribution in [2.45, 2.75) is 49.2 Å². The average Bonchev–Trinajstić information content (AvgIpc) is 3.10. The van der Waals surface area contributed by atoms with Crippen LogP contribution in [0.1, 0.15) is 37.9 Å². The van der Waals surface area contributed by atoms with Crippen LogP contribution in [0.15, 0.2) is 16.9 Å². The summed E-state index contributed by atoms with van der Waals surface area (Å²) in [7, 11) is 0. The molecule has 6 nitrogen and oxygen atoms in total. The lowest BCUT2D eigenvalue weighted by Gasteiger charge is -2.21. The highest BCUT2D eigenvalue weighted by molar-refractivity contribution is 7.99.